The maximum absolute atomic E-state index is 13.2. The summed E-state index contributed by atoms with van der Waals surface area (Å²) in [6.45, 7) is 2.69. The molecule has 3 heterocycles. The molecule has 0 spiro atoms. The molecule has 0 bridgehead atoms. The van der Waals surface area contributed by atoms with Crippen molar-refractivity contribution in [2.45, 2.75) is 19.5 Å². The van der Waals surface area contributed by atoms with Gasteiger partial charge in [0.1, 0.15) is 6.17 Å². The van der Waals surface area contributed by atoms with Gasteiger partial charge in [-0.1, -0.05) is 0 Å². The molecule has 1 aliphatic rings. The SMILES string of the molecule is CC(=O)c1cnn2cc(N3CC[C@H](F)C3)ccc12. The van der Waals surface area contributed by atoms with Gasteiger partial charge in [0, 0.05) is 13.1 Å². The molecule has 0 saturated carbocycles. The van der Waals surface area contributed by atoms with Crippen LogP contribution in [-0.4, -0.2) is 34.7 Å². The highest BCUT2D eigenvalue weighted by atomic mass is 19.1. The highest BCUT2D eigenvalue weighted by Crippen LogP contribution is 2.23. The second-order valence-corrected chi connectivity index (χ2v) is 4.66. The van der Waals surface area contributed by atoms with E-state index in [-0.39, 0.29) is 5.78 Å². The van der Waals surface area contributed by atoms with Gasteiger partial charge in [-0.2, -0.15) is 5.10 Å². The fourth-order valence-electron chi connectivity index (χ4n) is 2.38. The van der Waals surface area contributed by atoms with E-state index in [1.807, 2.05) is 23.2 Å². The molecule has 18 heavy (non-hydrogen) atoms. The summed E-state index contributed by atoms with van der Waals surface area (Å²) >= 11 is 0. The van der Waals surface area contributed by atoms with E-state index >= 15 is 0 Å². The van der Waals surface area contributed by atoms with E-state index in [0.29, 0.717) is 18.5 Å². The zero-order chi connectivity index (χ0) is 12.7. The summed E-state index contributed by atoms with van der Waals surface area (Å²) in [6, 6.07) is 3.78. The van der Waals surface area contributed by atoms with Crippen molar-refractivity contribution in [1.82, 2.24) is 9.61 Å². The van der Waals surface area contributed by atoms with Crippen molar-refractivity contribution in [3.63, 3.8) is 0 Å². The largest absolute Gasteiger partial charge is 0.367 e. The Morgan fingerprint density at radius 1 is 1.50 bits per heavy atom. The zero-order valence-electron chi connectivity index (χ0n) is 10.1. The zero-order valence-corrected chi connectivity index (χ0v) is 10.1. The van der Waals surface area contributed by atoms with Crippen molar-refractivity contribution in [3.8, 4) is 0 Å². The van der Waals surface area contributed by atoms with Crippen LogP contribution in [0, 0.1) is 0 Å². The number of carbonyl (C=O) groups is 1. The average molecular weight is 247 g/mol. The Morgan fingerprint density at radius 2 is 2.33 bits per heavy atom. The molecule has 94 valence electrons. The van der Waals surface area contributed by atoms with Crippen LogP contribution in [0.25, 0.3) is 5.52 Å². The number of anilines is 1. The van der Waals surface area contributed by atoms with Gasteiger partial charge < -0.3 is 4.90 Å². The molecule has 3 rings (SSSR count). The molecular weight excluding hydrogens is 233 g/mol. The first-order valence-corrected chi connectivity index (χ1v) is 6.02. The van der Waals surface area contributed by atoms with Gasteiger partial charge in [-0.3, -0.25) is 4.79 Å². The van der Waals surface area contributed by atoms with Crippen LogP contribution < -0.4 is 4.90 Å². The van der Waals surface area contributed by atoms with E-state index < -0.39 is 6.17 Å². The smallest absolute Gasteiger partial charge is 0.163 e. The first-order valence-electron chi connectivity index (χ1n) is 6.02. The van der Waals surface area contributed by atoms with Crippen LogP contribution in [-0.2, 0) is 0 Å². The maximum atomic E-state index is 13.2. The predicted molar refractivity (Wildman–Crippen MR) is 66.9 cm³/mol. The number of rotatable bonds is 2. The molecule has 1 fully saturated rings. The second-order valence-electron chi connectivity index (χ2n) is 4.66. The number of hydrogen-bond donors (Lipinski definition) is 0. The van der Waals surface area contributed by atoms with E-state index in [9.17, 15) is 9.18 Å². The number of ketones is 1. The molecule has 0 aliphatic carbocycles. The van der Waals surface area contributed by atoms with Crippen LogP contribution in [0.5, 0.6) is 0 Å². The highest BCUT2D eigenvalue weighted by molar-refractivity contribution is 6.00. The minimum atomic E-state index is -0.744. The lowest BCUT2D eigenvalue weighted by Gasteiger charge is -2.17. The number of alkyl halides is 1. The number of pyridine rings is 1. The molecule has 0 aromatic carbocycles. The van der Waals surface area contributed by atoms with Gasteiger partial charge in [0.25, 0.3) is 0 Å². The van der Waals surface area contributed by atoms with Crippen molar-refractivity contribution in [2.24, 2.45) is 0 Å². The number of nitrogens with zero attached hydrogens (tertiary/aromatic N) is 3. The van der Waals surface area contributed by atoms with Crippen LogP contribution in [0.1, 0.15) is 23.7 Å². The lowest BCUT2D eigenvalue weighted by Crippen LogP contribution is -2.20. The first kappa shape index (κ1) is 11.2. The summed E-state index contributed by atoms with van der Waals surface area (Å²) in [4.78, 5) is 13.4. The van der Waals surface area contributed by atoms with Crippen LogP contribution in [0.4, 0.5) is 10.1 Å². The third kappa shape index (κ3) is 1.75. The number of aromatic nitrogens is 2. The molecule has 1 saturated heterocycles. The highest BCUT2D eigenvalue weighted by Gasteiger charge is 2.22. The van der Waals surface area contributed by atoms with E-state index in [1.165, 1.54) is 6.92 Å². The third-order valence-electron chi connectivity index (χ3n) is 3.38. The molecule has 0 amide bonds. The Bertz CT molecular complexity index is 607. The van der Waals surface area contributed by atoms with Crippen molar-refractivity contribution in [1.29, 1.82) is 0 Å². The molecule has 2 aromatic heterocycles. The van der Waals surface area contributed by atoms with Crippen molar-refractivity contribution < 1.29 is 9.18 Å². The number of Topliss-reactive ketones (excluding diaryl/α,β-unsaturated/α-hetero) is 1. The molecule has 2 aromatic rings. The maximum Gasteiger partial charge on any atom is 0.163 e. The van der Waals surface area contributed by atoms with Crippen molar-refractivity contribution in [3.05, 3.63) is 30.1 Å². The van der Waals surface area contributed by atoms with E-state index in [0.717, 1.165) is 17.7 Å². The molecule has 4 nitrogen and oxygen atoms in total. The molecule has 1 atom stereocenters. The summed E-state index contributed by atoms with van der Waals surface area (Å²) in [6.07, 6.45) is 3.25. The number of fused-ring (bicyclic) bond motifs is 1. The van der Waals surface area contributed by atoms with Crippen LogP contribution >= 0.6 is 0 Å². The van der Waals surface area contributed by atoms with Crippen molar-refractivity contribution in [2.75, 3.05) is 18.0 Å². The fourth-order valence-corrected chi connectivity index (χ4v) is 2.38. The Hall–Kier alpha value is -1.91. The van der Waals surface area contributed by atoms with Crippen LogP contribution in [0.2, 0.25) is 0 Å². The normalized spacial score (nSPS) is 19.7. The summed E-state index contributed by atoms with van der Waals surface area (Å²) < 4.78 is 14.9. The predicted octanol–water partition coefficient (Wildman–Crippen LogP) is 2.09. The van der Waals surface area contributed by atoms with E-state index in [2.05, 4.69) is 5.10 Å². The summed E-state index contributed by atoms with van der Waals surface area (Å²) in [5, 5.41) is 4.17. The first-order chi connectivity index (χ1) is 8.65. The summed E-state index contributed by atoms with van der Waals surface area (Å²) in [5.41, 5.74) is 2.36. The quantitative estimate of drug-likeness (QED) is 0.762. The topological polar surface area (TPSA) is 37.6 Å². The minimum absolute atomic E-state index is 0.00254. The Balaban J connectivity index is 1.99. The molecule has 5 heteroatoms. The summed E-state index contributed by atoms with van der Waals surface area (Å²) in [7, 11) is 0. The molecule has 1 aliphatic heterocycles. The molecule has 0 unspecified atom stereocenters. The molecule has 0 N–H and O–H groups in total. The standard InChI is InChI=1S/C13H14FN3O/c1-9(18)12-6-15-17-8-11(2-3-13(12)17)16-5-4-10(14)7-16/h2-3,6,8,10H,4-5,7H2,1H3/t10-/m0/s1. The molecular formula is C13H14FN3O. The molecule has 0 radical (unpaired) electrons. The Kier molecular flexibility index (Phi) is 2.54. The van der Waals surface area contributed by atoms with Gasteiger partial charge in [0.05, 0.1) is 29.2 Å². The van der Waals surface area contributed by atoms with Gasteiger partial charge in [0.15, 0.2) is 5.78 Å². The van der Waals surface area contributed by atoms with Crippen LogP contribution in [0.3, 0.4) is 0 Å². The Labute approximate surface area is 104 Å². The van der Waals surface area contributed by atoms with E-state index in [1.54, 1.807) is 10.7 Å². The number of halogens is 1. The van der Waals surface area contributed by atoms with Gasteiger partial charge in [-0.25, -0.2) is 8.91 Å². The van der Waals surface area contributed by atoms with Gasteiger partial charge in [0.2, 0.25) is 0 Å². The monoisotopic (exact) mass is 247 g/mol. The minimum Gasteiger partial charge on any atom is -0.367 e. The number of carbonyl (C=O) groups excluding carboxylic acids is 1. The second kappa shape index (κ2) is 4.08. The van der Waals surface area contributed by atoms with Gasteiger partial charge in [-0.15, -0.1) is 0 Å². The summed E-state index contributed by atoms with van der Waals surface area (Å²) in [5.74, 6) is 0.00254. The lowest BCUT2D eigenvalue weighted by atomic mass is 10.2. The van der Waals surface area contributed by atoms with Crippen LogP contribution in [0.15, 0.2) is 24.5 Å². The number of hydrogen-bond acceptors (Lipinski definition) is 3. The van der Waals surface area contributed by atoms with Gasteiger partial charge in [-0.05, 0) is 25.5 Å². The Morgan fingerprint density at radius 3 is 3.00 bits per heavy atom. The van der Waals surface area contributed by atoms with E-state index in [4.69, 9.17) is 0 Å². The average Bonchev–Trinajstić information content (AvgIpc) is 2.93. The third-order valence-corrected chi connectivity index (χ3v) is 3.38. The van der Waals surface area contributed by atoms with Gasteiger partial charge >= 0.3 is 0 Å². The van der Waals surface area contributed by atoms with Crippen molar-refractivity contribution >= 4 is 17.0 Å². The lowest BCUT2D eigenvalue weighted by molar-refractivity contribution is 0.101. The fraction of sp³-hybridized carbons (Fsp3) is 0.385.